The van der Waals surface area contributed by atoms with Gasteiger partial charge in [0.1, 0.15) is 0 Å². The number of nitrogens with one attached hydrogen (secondary N) is 2. The molecule has 0 aliphatic heterocycles. The maximum absolute atomic E-state index is 8.87. The Morgan fingerprint density at radius 1 is 0.850 bits per heavy atom. The molecular weight excluding hydrogens is 248 g/mol. The normalized spacial score (nSPS) is 13.2. The third-order valence-electron chi connectivity index (χ3n) is 3.26. The highest BCUT2D eigenvalue weighted by Crippen LogP contribution is 2.05. The highest BCUT2D eigenvalue weighted by Gasteiger charge is 2.04. The van der Waals surface area contributed by atoms with Gasteiger partial charge in [0.2, 0.25) is 0 Å². The van der Waals surface area contributed by atoms with Crippen LogP contribution in [-0.4, -0.2) is 12.1 Å². The summed E-state index contributed by atoms with van der Waals surface area (Å²) < 4.78 is 0. The summed E-state index contributed by atoms with van der Waals surface area (Å²) in [5.41, 5.74) is 2.32. The molecule has 0 aliphatic rings. The molecule has 1 aromatic rings. The molecule has 0 heterocycles. The maximum Gasteiger partial charge on any atom is 0.0952 e. The van der Waals surface area contributed by atoms with Crippen LogP contribution in [0.2, 0.25) is 0 Å². The fourth-order valence-electron chi connectivity index (χ4n) is 1.82. The molecule has 0 aromatic heterocycles. The monoisotopic (exact) mass is 270 g/mol. The van der Waals surface area contributed by atoms with Crippen LogP contribution in [0.25, 0.3) is 0 Å². The maximum atomic E-state index is 8.87. The second-order valence-electron chi connectivity index (χ2n) is 4.76. The summed E-state index contributed by atoms with van der Waals surface area (Å²) in [5.74, 6) is 0. The molecule has 0 saturated heterocycles. The predicted octanol–water partition coefficient (Wildman–Crippen LogP) is 2.47. The van der Waals surface area contributed by atoms with Crippen LogP contribution in [0.3, 0.4) is 0 Å². The van der Waals surface area contributed by atoms with E-state index in [0.29, 0.717) is 13.1 Å². The van der Waals surface area contributed by atoms with Gasteiger partial charge in [-0.2, -0.15) is 10.5 Å². The third kappa shape index (κ3) is 5.40. The Morgan fingerprint density at radius 2 is 1.20 bits per heavy atom. The number of nitrogens with zero attached hydrogens (tertiary/aromatic N) is 2. The second kappa shape index (κ2) is 9.09. The van der Waals surface area contributed by atoms with Crippen molar-refractivity contribution < 1.29 is 0 Å². The van der Waals surface area contributed by atoms with E-state index in [-0.39, 0.29) is 12.1 Å². The molecular formula is C16H22N4. The molecule has 0 amide bonds. The first kappa shape index (κ1) is 16.2. The van der Waals surface area contributed by atoms with Crippen LogP contribution < -0.4 is 10.6 Å². The number of hydrogen-bond acceptors (Lipinski definition) is 4. The molecule has 2 atom stereocenters. The van der Waals surface area contributed by atoms with Gasteiger partial charge in [0.15, 0.2) is 0 Å². The van der Waals surface area contributed by atoms with Crippen LogP contribution in [-0.2, 0) is 13.1 Å². The molecule has 0 saturated carbocycles. The molecule has 0 radical (unpaired) electrons. The zero-order valence-corrected chi connectivity index (χ0v) is 12.2. The Balaban J connectivity index is 2.45. The molecule has 2 N–H and O–H groups in total. The Bertz CT molecular complexity index is 422. The van der Waals surface area contributed by atoms with Crippen molar-refractivity contribution in [1.29, 1.82) is 10.5 Å². The molecule has 106 valence electrons. The van der Waals surface area contributed by atoms with E-state index in [1.54, 1.807) is 0 Å². The van der Waals surface area contributed by atoms with Gasteiger partial charge < -0.3 is 0 Å². The lowest BCUT2D eigenvalue weighted by atomic mass is 10.1. The lowest BCUT2D eigenvalue weighted by Gasteiger charge is -2.11. The average Bonchev–Trinajstić information content (AvgIpc) is 2.50. The molecule has 1 rings (SSSR count). The molecule has 4 heteroatoms. The zero-order chi connectivity index (χ0) is 14.8. The topological polar surface area (TPSA) is 71.6 Å². The lowest BCUT2D eigenvalue weighted by Crippen LogP contribution is -2.26. The van der Waals surface area contributed by atoms with Crippen molar-refractivity contribution in [2.75, 3.05) is 0 Å². The Labute approximate surface area is 121 Å². The minimum Gasteiger partial charge on any atom is -0.298 e. The number of benzene rings is 1. The average molecular weight is 270 g/mol. The van der Waals surface area contributed by atoms with Gasteiger partial charge >= 0.3 is 0 Å². The first-order valence-corrected chi connectivity index (χ1v) is 7.07. The van der Waals surface area contributed by atoms with Gasteiger partial charge in [0.25, 0.3) is 0 Å². The lowest BCUT2D eigenvalue weighted by molar-refractivity contribution is 0.583. The number of rotatable bonds is 8. The van der Waals surface area contributed by atoms with Gasteiger partial charge in [-0.1, -0.05) is 38.1 Å². The van der Waals surface area contributed by atoms with Crippen LogP contribution in [0.1, 0.15) is 37.8 Å². The fourth-order valence-corrected chi connectivity index (χ4v) is 1.82. The summed E-state index contributed by atoms with van der Waals surface area (Å²) >= 11 is 0. The Morgan fingerprint density at radius 3 is 1.45 bits per heavy atom. The highest BCUT2D eigenvalue weighted by molar-refractivity contribution is 5.22. The smallest absolute Gasteiger partial charge is 0.0952 e. The summed E-state index contributed by atoms with van der Waals surface area (Å²) in [6.45, 7) is 5.40. The first-order chi connectivity index (χ1) is 9.73. The largest absolute Gasteiger partial charge is 0.298 e. The van der Waals surface area contributed by atoms with Crippen LogP contribution in [0.4, 0.5) is 0 Å². The number of hydrogen-bond donors (Lipinski definition) is 2. The molecule has 0 spiro atoms. The van der Waals surface area contributed by atoms with Crippen LogP contribution in [0.5, 0.6) is 0 Å². The van der Waals surface area contributed by atoms with E-state index in [1.807, 2.05) is 13.8 Å². The fraction of sp³-hybridized carbons (Fsp3) is 0.500. The molecule has 4 nitrogen and oxygen atoms in total. The van der Waals surface area contributed by atoms with Crippen molar-refractivity contribution in [3.63, 3.8) is 0 Å². The van der Waals surface area contributed by atoms with Crippen molar-refractivity contribution in [3.05, 3.63) is 35.4 Å². The van der Waals surface area contributed by atoms with Gasteiger partial charge in [-0.05, 0) is 24.0 Å². The molecule has 1 aromatic carbocycles. The van der Waals surface area contributed by atoms with Crippen molar-refractivity contribution >= 4 is 0 Å². The molecule has 0 unspecified atom stereocenters. The minimum absolute atomic E-state index is 0.0858. The summed E-state index contributed by atoms with van der Waals surface area (Å²) in [7, 11) is 0. The van der Waals surface area contributed by atoms with Gasteiger partial charge in [-0.25, -0.2) is 0 Å². The van der Waals surface area contributed by atoms with E-state index in [2.05, 4.69) is 47.0 Å². The number of nitriles is 2. The van der Waals surface area contributed by atoms with E-state index in [1.165, 1.54) is 0 Å². The Kier molecular flexibility index (Phi) is 7.35. The van der Waals surface area contributed by atoms with E-state index >= 15 is 0 Å². The van der Waals surface area contributed by atoms with E-state index in [9.17, 15) is 0 Å². The molecule has 0 fully saturated rings. The summed E-state index contributed by atoms with van der Waals surface area (Å²) in [4.78, 5) is 0. The quantitative estimate of drug-likeness (QED) is 0.761. The van der Waals surface area contributed by atoms with Crippen molar-refractivity contribution in [2.24, 2.45) is 0 Å². The van der Waals surface area contributed by atoms with Crippen LogP contribution in [0.15, 0.2) is 24.3 Å². The predicted molar refractivity (Wildman–Crippen MR) is 79.5 cm³/mol. The van der Waals surface area contributed by atoms with Crippen LogP contribution >= 0.6 is 0 Å². The van der Waals surface area contributed by atoms with Crippen molar-refractivity contribution in [3.8, 4) is 12.1 Å². The summed E-state index contributed by atoms with van der Waals surface area (Å²) in [5, 5.41) is 24.1. The summed E-state index contributed by atoms with van der Waals surface area (Å²) in [6, 6.07) is 12.5. The van der Waals surface area contributed by atoms with Crippen molar-refractivity contribution in [1.82, 2.24) is 10.6 Å². The van der Waals surface area contributed by atoms with Gasteiger partial charge in [-0.15, -0.1) is 0 Å². The van der Waals surface area contributed by atoms with Gasteiger partial charge in [-0.3, -0.25) is 10.6 Å². The van der Waals surface area contributed by atoms with Crippen LogP contribution in [0, 0.1) is 22.7 Å². The molecule has 0 aliphatic carbocycles. The molecule has 0 bridgehead atoms. The zero-order valence-electron chi connectivity index (χ0n) is 12.2. The van der Waals surface area contributed by atoms with E-state index < -0.39 is 0 Å². The van der Waals surface area contributed by atoms with E-state index in [4.69, 9.17) is 10.5 Å². The SMILES string of the molecule is CC[C@H](C#N)NCc1ccc(CN[C@@H](C#N)CC)cc1. The van der Waals surface area contributed by atoms with E-state index in [0.717, 1.165) is 24.0 Å². The third-order valence-corrected chi connectivity index (χ3v) is 3.26. The molecule has 20 heavy (non-hydrogen) atoms. The second-order valence-corrected chi connectivity index (χ2v) is 4.76. The van der Waals surface area contributed by atoms with Gasteiger partial charge in [0, 0.05) is 13.1 Å². The minimum atomic E-state index is -0.0858. The van der Waals surface area contributed by atoms with Gasteiger partial charge in [0.05, 0.1) is 24.2 Å². The standard InChI is InChI=1S/C16H22N4/c1-3-15(9-17)19-11-13-5-7-14(8-6-13)12-20-16(4-2)10-18/h5-8,15-16,19-20H,3-4,11-12H2,1-2H3/t15-,16-/m1/s1. The van der Waals surface area contributed by atoms with Crippen molar-refractivity contribution in [2.45, 2.75) is 51.9 Å². The highest BCUT2D eigenvalue weighted by atomic mass is 14.9. The Hall–Kier alpha value is -1.88. The summed E-state index contributed by atoms with van der Waals surface area (Å²) in [6.07, 6.45) is 1.62. The first-order valence-electron chi connectivity index (χ1n) is 7.07.